The van der Waals surface area contributed by atoms with Gasteiger partial charge in [-0.1, -0.05) is 29.8 Å². The number of nitrogens with zero attached hydrogens (tertiary/aromatic N) is 2. The number of hydrogen-bond acceptors (Lipinski definition) is 3. The molecule has 1 aromatic heterocycles. The van der Waals surface area contributed by atoms with Crippen LogP contribution in [0.5, 0.6) is 5.75 Å². The highest BCUT2D eigenvalue weighted by Crippen LogP contribution is 2.30. The molecule has 2 aromatic carbocycles. The molecular weight excluding hydrogens is 440 g/mol. The fourth-order valence-electron chi connectivity index (χ4n) is 4.41. The summed E-state index contributed by atoms with van der Waals surface area (Å²) in [7, 11) is 0. The molecule has 5 heteroatoms. The number of carbonyl (C=O) groups is 1. The summed E-state index contributed by atoms with van der Waals surface area (Å²) < 4.78 is 6.50. The van der Waals surface area contributed by atoms with Gasteiger partial charge in [-0.25, -0.2) is 4.98 Å². The van der Waals surface area contributed by atoms with Gasteiger partial charge in [0.25, 0.3) is 5.91 Å². The fraction of sp³-hybridized carbons (Fsp3) is 0.360. The van der Waals surface area contributed by atoms with Gasteiger partial charge in [0.2, 0.25) is 0 Å². The standard InChI is InChI=1S/C25H27BrN2O2/c1-4-30-20-8-5-18(6-9-20)24-13-22(21-12-19(26)7-10-23(21)27-24)25(29)28-14-16(2)11-17(3)15-28/h5-10,12-13,16-17H,4,11,14-15H2,1-3H3/t16-,17-/m1/s1. The van der Waals surface area contributed by atoms with Crippen LogP contribution in [0.1, 0.15) is 37.6 Å². The van der Waals surface area contributed by atoms with E-state index in [2.05, 4.69) is 29.8 Å². The number of ether oxygens (including phenoxy) is 1. The van der Waals surface area contributed by atoms with E-state index in [9.17, 15) is 4.79 Å². The molecule has 0 unspecified atom stereocenters. The van der Waals surface area contributed by atoms with Crippen LogP contribution in [0.3, 0.4) is 0 Å². The van der Waals surface area contributed by atoms with Crippen LogP contribution in [0.15, 0.2) is 53.0 Å². The number of fused-ring (bicyclic) bond motifs is 1. The number of hydrogen-bond donors (Lipinski definition) is 0. The highest BCUT2D eigenvalue weighted by Gasteiger charge is 2.27. The Balaban J connectivity index is 1.79. The summed E-state index contributed by atoms with van der Waals surface area (Å²) in [5.74, 6) is 1.95. The zero-order chi connectivity index (χ0) is 21.3. The van der Waals surface area contributed by atoms with Crippen LogP contribution in [0.25, 0.3) is 22.2 Å². The zero-order valence-electron chi connectivity index (χ0n) is 17.7. The molecule has 156 valence electrons. The summed E-state index contributed by atoms with van der Waals surface area (Å²) in [5, 5.41) is 0.884. The molecular formula is C25H27BrN2O2. The summed E-state index contributed by atoms with van der Waals surface area (Å²) in [6.07, 6.45) is 1.17. The predicted octanol–water partition coefficient (Wildman–Crippen LogP) is 6.18. The van der Waals surface area contributed by atoms with E-state index in [-0.39, 0.29) is 5.91 Å². The molecule has 2 heterocycles. The smallest absolute Gasteiger partial charge is 0.254 e. The van der Waals surface area contributed by atoms with Crippen molar-refractivity contribution in [2.24, 2.45) is 11.8 Å². The van der Waals surface area contributed by atoms with Gasteiger partial charge in [-0.2, -0.15) is 0 Å². The topological polar surface area (TPSA) is 42.4 Å². The summed E-state index contributed by atoms with van der Waals surface area (Å²) in [6, 6.07) is 15.8. The van der Waals surface area contributed by atoms with Gasteiger partial charge < -0.3 is 9.64 Å². The quantitative estimate of drug-likeness (QED) is 0.460. The average molecular weight is 467 g/mol. The predicted molar refractivity (Wildman–Crippen MR) is 125 cm³/mol. The molecule has 0 N–H and O–H groups in total. The Bertz CT molecular complexity index is 1050. The minimum Gasteiger partial charge on any atom is -0.494 e. The van der Waals surface area contributed by atoms with Gasteiger partial charge in [0.1, 0.15) is 5.75 Å². The number of benzene rings is 2. The van der Waals surface area contributed by atoms with Crippen molar-refractivity contribution < 1.29 is 9.53 Å². The van der Waals surface area contributed by atoms with Crippen molar-refractivity contribution in [3.8, 4) is 17.0 Å². The minimum absolute atomic E-state index is 0.0890. The second-order valence-corrected chi connectivity index (χ2v) is 9.25. The van der Waals surface area contributed by atoms with E-state index in [0.29, 0.717) is 24.0 Å². The molecule has 4 rings (SSSR count). The third-order valence-corrected chi connectivity index (χ3v) is 6.11. The van der Waals surface area contributed by atoms with Gasteiger partial charge in [-0.3, -0.25) is 4.79 Å². The number of rotatable bonds is 4. The van der Waals surface area contributed by atoms with Crippen molar-refractivity contribution in [3.63, 3.8) is 0 Å². The SMILES string of the molecule is CCOc1ccc(-c2cc(C(=O)N3C[C@H](C)C[C@@H](C)C3)c3cc(Br)ccc3n2)cc1. The molecule has 0 spiro atoms. The number of piperidine rings is 1. The molecule has 0 aliphatic carbocycles. The Hall–Kier alpha value is -2.40. The first kappa shape index (κ1) is 20.9. The van der Waals surface area contributed by atoms with Crippen molar-refractivity contribution in [3.05, 3.63) is 58.6 Å². The lowest BCUT2D eigenvalue weighted by Gasteiger charge is -2.35. The lowest BCUT2D eigenvalue weighted by Crippen LogP contribution is -2.42. The molecule has 0 radical (unpaired) electrons. The Kier molecular flexibility index (Phi) is 6.09. The van der Waals surface area contributed by atoms with Gasteiger partial charge in [0.15, 0.2) is 0 Å². The third-order valence-electron chi connectivity index (χ3n) is 5.62. The Morgan fingerprint density at radius 2 is 1.80 bits per heavy atom. The maximum atomic E-state index is 13.6. The molecule has 1 aliphatic rings. The summed E-state index contributed by atoms with van der Waals surface area (Å²) in [4.78, 5) is 20.5. The van der Waals surface area contributed by atoms with E-state index in [1.165, 1.54) is 6.42 Å². The largest absolute Gasteiger partial charge is 0.494 e. The van der Waals surface area contributed by atoms with Crippen LogP contribution in [-0.2, 0) is 0 Å². The number of halogens is 1. The molecule has 2 atom stereocenters. The number of pyridine rings is 1. The van der Waals surface area contributed by atoms with E-state index >= 15 is 0 Å². The molecule has 30 heavy (non-hydrogen) atoms. The van der Waals surface area contributed by atoms with Gasteiger partial charge in [-0.05, 0) is 73.7 Å². The van der Waals surface area contributed by atoms with E-state index in [1.54, 1.807) is 0 Å². The van der Waals surface area contributed by atoms with Gasteiger partial charge in [0.05, 0.1) is 23.4 Å². The van der Waals surface area contributed by atoms with Crippen molar-refractivity contribution in [2.75, 3.05) is 19.7 Å². The van der Waals surface area contributed by atoms with E-state index in [0.717, 1.165) is 45.5 Å². The van der Waals surface area contributed by atoms with Crippen molar-refractivity contribution >= 4 is 32.7 Å². The Morgan fingerprint density at radius 3 is 2.47 bits per heavy atom. The molecule has 1 amide bonds. The number of likely N-dealkylation sites (tertiary alicyclic amines) is 1. The highest BCUT2D eigenvalue weighted by molar-refractivity contribution is 9.10. The fourth-order valence-corrected chi connectivity index (χ4v) is 4.77. The monoisotopic (exact) mass is 466 g/mol. The zero-order valence-corrected chi connectivity index (χ0v) is 19.3. The highest BCUT2D eigenvalue weighted by atomic mass is 79.9. The second kappa shape index (κ2) is 8.76. The Morgan fingerprint density at radius 1 is 1.10 bits per heavy atom. The minimum atomic E-state index is 0.0890. The number of amides is 1. The third kappa shape index (κ3) is 4.36. The maximum Gasteiger partial charge on any atom is 0.254 e. The number of aromatic nitrogens is 1. The van der Waals surface area contributed by atoms with Gasteiger partial charge in [0, 0.05) is 28.5 Å². The Labute approximate surface area is 186 Å². The molecule has 1 fully saturated rings. The normalized spacial score (nSPS) is 19.1. The molecule has 1 saturated heterocycles. The summed E-state index contributed by atoms with van der Waals surface area (Å²) >= 11 is 3.55. The van der Waals surface area contributed by atoms with Crippen molar-refractivity contribution in [1.82, 2.24) is 9.88 Å². The van der Waals surface area contributed by atoms with Crippen LogP contribution < -0.4 is 4.74 Å². The van der Waals surface area contributed by atoms with Crippen LogP contribution in [-0.4, -0.2) is 35.5 Å². The maximum absolute atomic E-state index is 13.6. The molecule has 0 bridgehead atoms. The molecule has 4 nitrogen and oxygen atoms in total. The number of carbonyl (C=O) groups excluding carboxylic acids is 1. The lowest BCUT2D eigenvalue weighted by atomic mass is 9.91. The summed E-state index contributed by atoms with van der Waals surface area (Å²) in [6.45, 7) is 8.66. The average Bonchev–Trinajstić information content (AvgIpc) is 2.72. The summed E-state index contributed by atoms with van der Waals surface area (Å²) in [5.41, 5.74) is 3.31. The first-order chi connectivity index (χ1) is 14.4. The molecule has 3 aromatic rings. The van der Waals surface area contributed by atoms with Crippen LogP contribution in [0.2, 0.25) is 0 Å². The van der Waals surface area contributed by atoms with Crippen LogP contribution >= 0.6 is 15.9 Å². The van der Waals surface area contributed by atoms with E-state index in [1.807, 2.05) is 60.4 Å². The molecule has 0 saturated carbocycles. The van der Waals surface area contributed by atoms with Crippen LogP contribution in [0, 0.1) is 11.8 Å². The van der Waals surface area contributed by atoms with Gasteiger partial charge >= 0.3 is 0 Å². The first-order valence-electron chi connectivity index (χ1n) is 10.6. The lowest BCUT2D eigenvalue weighted by molar-refractivity contribution is 0.0625. The van der Waals surface area contributed by atoms with E-state index < -0.39 is 0 Å². The van der Waals surface area contributed by atoms with Crippen LogP contribution in [0.4, 0.5) is 0 Å². The van der Waals surface area contributed by atoms with Gasteiger partial charge in [-0.15, -0.1) is 0 Å². The van der Waals surface area contributed by atoms with Crippen molar-refractivity contribution in [1.29, 1.82) is 0 Å². The second-order valence-electron chi connectivity index (χ2n) is 8.33. The molecule has 1 aliphatic heterocycles. The first-order valence-corrected chi connectivity index (χ1v) is 11.4. The van der Waals surface area contributed by atoms with E-state index in [4.69, 9.17) is 9.72 Å². The van der Waals surface area contributed by atoms with Crippen molar-refractivity contribution in [2.45, 2.75) is 27.2 Å².